The van der Waals surface area contributed by atoms with Gasteiger partial charge in [-0.15, -0.1) is 0 Å². The number of esters is 1. The van der Waals surface area contributed by atoms with Crippen molar-refractivity contribution in [1.29, 1.82) is 0 Å². The molecule has 0 aromatic heterocycles. The van der Waals surface area contributed by atoms with Crippen LogP contribution in [0.25, 0.3) is 5.20 Å². The van der Waals surface area contributed by atoms with Gasteiger partial charge in [0, 0.05) is 6.92 Å². The topological polar surface area (TPSA) is 26.3 Å². The summed E-state index contributed by atoms with van der Waals surface area (Å²) in [5.41, 5.74) is 1.14. The SMILES string of the molecule is C=C(/C=C(/c1ccccc1)[Si](C)(C)c1ccccc1)OC(C)=O. The maximum atomic E-state index is 11.2. The number of carbonyl (C=O) groups is 1. The van der Waals surface area contributed by atoms with Crippen LogP contribution in [0, 0.1) is 0 Å². The van der Waals surface area contributed by atoms with E-state index in [1.165, 1.54) is 17.3 Å². The molecular weight excluding hydrogens is 300 g/mol. The molecule has 0 radical (unpaired) electrons. The summed E-state index contributed by atoms with van der Waals surface area (Å²) in [5, 5.41) is 2.52. The van der Waals surface area contributed by atoms with Crippen molar-refractivity contribution in [2.45, 2.75) is 20.0 Å². The maximum Gasteiger partial charge on any atom is 0.308 e. The molecule has 2 rings (SSSR count). The van der Waals surface area contributed by atoms with E-state index < -0.39 is 8.07 Å². The monoisotopic (exact) mass is 322 g/mol. The predicted molar refractivity (Wildman–Crippen MR) is 98.9 cm³/mol. The van der Waals surface area contributed by atoms with Crippen LogP contribution in [0.2, 0.25) is 13.1 Å². The highest BCUT2D eigenvalue weighted by Gasteiger charge is 2.29. The first-order chi connectivity index (χ1) is 10.9. The van der Waals surface area contributed by atoms with E-state index in [2.05, 4.69) is 56.1 Å². The number of allylic oxidation sites excluding steroid dienone is 1. The van der Waals surface area contributed by atoms with Gasteiger partial charge in [0.2, 0.25) is 0 Å². The molecular formula is C20H22O2Si. The van der Waals surface area contributed by atoms with Crippen LogP contribution < -0.4 is 5.19 Å². The third kappa shape index (κ3) is 4.30. The molecule has 0 atom stereocenters. The lowest BCUT2D eigenvalue weighted by Crippen LogP contribution is -2.43. The Kier molecular flexibility index (Phi) is 5.35. The third-order valence-corrected chi connectivity index (χ3v) is 7.39. The third-order valence-electron chi connectivity index (χ3n) is 3.83. The molecule has 23 heavy (non-hydrogen) atoms. The molecule has 0 fully saturated rings. The molecule has 3 heteroatoms. The van der Waals surface area contributed by atoms with Gasteiger partial charge in [0.05, 0.1) is 0 Å². The van der Waals surface area contributed by atoms with Gasteiger partial charge in [0.25, 0.3) is 0 Å². The highest BCUT2D eigenvalue weighted by Crippen LogP contribution is 2.27. The Labute approximate surface area is 139 Å². The molecule has 2 aromatic rings. The zero-order valence-corrected chi connectivity index (χ0v) is 14.9. The first-order valence-electron chi connectivity index (χ1n) is 7.61. The number of ether oxygens (including phenoxy) is 1. The quantitative estimate of drug-likeness (QED) is 0.355. The molecule has 0 heterocycles. The van der Waals surface area contributed by atoms with Crippen molar-refractivity contribution in [2.75, 3.05) is 0 Å². The maximum absolute atomic E-state index is 11.2. The summed E-state index contributed by atoms with van der Waals surface area (Å²) < 4.78 is 5.15. The van der Waals surface area contributed by atoms with E-state index in [0.29, 0.717) is 5.76 Å². The van der Waals surface area contributed by atoms with Gasteiger partial charge in [-0.1, -0.05) is 85.5 Å². The van der Waals surface area contributed by atoms with Crippen LogP contribution in [0.3, 0.4) is 0 Å². The van der Waals surface area contributed by atoms with Crippen LogP contribution in [-0.4, -0.2) is 14.0 Å². The van der Waals surface area contributed by atoms with E-state index in [9.17, 15) is 4.79 Å². The Morgan fingerprint density at radius 1 is 1.00 bits per heavy atom. The van der Waals surface area contributed by atoms with Crippen molar-refractivity contribution in [2.24, 2.45) is 0 Å². The lowest BCUT2D eigenvalue weighted by molar-refractivity contribution is -0.136. The zero-order chi connectivity index (χ0) is 16.9. The first kappa shape index (κ1) is 17.0. The normalized spacial score (nSPS) is 11.9. The van der Waals surface area contributed by atoms with E-state index in [1.54, 1.807) is 0 Å². The number of rotatable bonds is 5. The fourth-order valence-corrected chi connectivity index (χ4v) is 5.37. The van der Waals surface area contributed by atoms with Crippen LogP contribution in [0.15, 0.2) is 79.1 Å². The molecule has 0 unspecified atom stereocenters. The molecule has 0 saturated carbocycles. The molecule has 118 valence electrons. The average Bonchev–Trinajstić information content (AvgIpc) is 2.53. The molecule has 2 aromatic carbocycles. The van der Waals surface area contributed by atoms with Crippen molar-refractivity contribution in [1.82, 2.24) is 0 Å². The molecule has 0 spiro atoms. The van der Waals surface area contributed by atoms with E-state index in [1.807, 2.05) is 30.3 Å². The summed E-state index contributed by atoms with van der Waals surface area (Å²) in [4.78, 5) is 11.2. The van der Waals surface area contributed by atoms with E-state index in [-0.39, 0.29) is 5.97 Å². The van der Waals surface area contributed by atoms with E-state index in [0.717, 1.165) is 5.56 Å². The summed E-state index contributed by atoms with van der Waals surface area (Å²) in [5.74, 6) is 0.0331. The standard InChI is InChI=1S/C20H22O2Si/c1-16(22-17(2)21)15-20(18-11-7-5-8-12-18)23(3,4)19-13-9-6-10-14-19/h5-15H,1H2,2-4H3/b20-15-. The van der Waals surface area contributed by atoms with Crippen LogP contribution in [0.4, 0.5) is 0 Å². The molecule has 0 aliphatic rings. The average molecular weight is 322 g/mol. The predicted octanol–water partition coefficient (Wildman–Crippen LogP) is 4.30. The summed E-state index contributed by atoms with van der Waals surface area (Å²) in [6.07, 6.45) is 1.91. The van der Waals surface area contributed by atoms with Gasteiger partial charge in [0.15, 0.2) is 0 Å². The Balaban J connectivity index is 2.52. The molecule has 2 nitrogen and oxygen atoms in total. The van der Waals surface area contributed by atoms with Gasteiger partial charge < -0.3 is 4.74 Å². The fourth-order valence-electron chi connectivity index (χ4n) is 2.63. The molecule has 0 aliphatic heterocycles. The minimum Gasteiger partial charge on any atom is -0.427 e. The smallest absolute Gasteiger partial charge is 0.308 e. The highest BCUT2D eigenvalue weighted by atomic mass is 28.3. The number of benzene rings is 2. The number of hydrogen-bond donors (Lipinski definition) is 0. The second-order valence-electron chi connectivity index (χ2n) is 5.98. The van der Waals surface area contributed by atoms with Gasteiger partial charge in [-0.3, -0.25) is 4.79 Å². The van der Waals surface area contributed by atoms with Crippen LogP contribution in [0.1, 0.15) is 12.5 Å². The molecule has 0 saturated heterocycles. The number of hydrogen-bond acceptors (Lipinski definition) is 2. The van der Waals surface area contributed by atoms with Gasteiger partial charge >= 0.3 is 5.97 Å². The minimum atomic E-state index is -1.95. The second kappa shape index (κ2) is 7.25. The van der Waals surface area contributed by atoms with Crippen molar-refractivity contribution in [3.05, 3.63) is 84.6 Å². The van der Waals surface area contributed by atoms with Gasteiger partial charge in [0.1, 0.15) is 13.8 Å². The zero-order valence-electron chi connectivity index (χ0n) is 13.9. The Morgan fingerprint density at radius 2 is 1.52 bits per heavy atom. The fraction of sp³-hybridized carbons (Fsp3) is 0.150. The largest absolute Gasteiger partial charge is 0.427 e. The lowest BCUT2D eigenvalue weighted by Gasteiger charge is -2.27. The van der Waals surface area contributed by atoms with Crippen LogP contribution >= 0.6 is 0 Å². The number of carbonyl (C=O) groups excluding carboxylic acids is 1. The van der Waals surface area contributed by atoms with Gasteiger partial charge in [-0.2, -0.15) is 0 Å². The second-order valence-corrected chi connectivity index (χ2v) is 10.3. The van der Waals surface area contributed by atoms with Gasteiger partial charge in [-0.25, -0.2) is 0 Å². The first-order valence-corrected chi connectivity index (χ1v) is 10.6. The van der Waals surface area contributed by atoms with Crippen molar-refractivity contribution in [3.63, 3.8) is 0 Å². The Bertz CT molecular complexity index is 716. The summed E-state index contributed by atoms with van der Waals surface area (Å²) in [6.45, 7) is 9.85. The van der Waals surface area contributed by atoms with Crippen molar-refractivity contribution < 1.29 is 9.53 Å². The summed E-state index contributed by atoms with van der Waals surface area (Å²) in [6, 6.07) is 20.7. The summed E-state index contributed by atoms with van der Waals surface area (Å²) in [7, 11) is -1.95. The molecule has 0 N–H and O–H groups in total. The molecule has 0 aliphatic carbocycles. The van der Waals surface area contributed by atoms with E-state index in [4.69, 9.17) is 4.74 Å². The van der Waals surface area contributed by atoms with Gasteiger partial charge in [-0.05, 0) is 16.8 Å². The Hall–Kier alpha value is -2.39. The molecule has 0 amide bonds. The van der Waals surface area contributed by atoms with Crippen LogP contribution in [-0.2, 0) is 9.53 Å². The lowest BCUT2D eigenvalue weighted by atomic mass is 10.2. The minimum absolute atomic E-state index is 0.349. The van der Waals surface area contributed by atoms with Crippen molar-refractivity contribution in [3.8, 4) is 0 Å². The van der Waals surface area contributed by atoms with E-state index >= 15 is 0 Å². The highest BCUT2D eigenvalue weighted by molar-refractivity contribution is 7.04. The summed E-state index contributed by atoms with van der Waals surface area (Å²) >= 11 is 0. The van der Waals surface area contributed by atoms with Crippen LogP contribution in [0.5, 0.6) is 0 Å². The molecule has 0 bridgehead atoms. The van der Waals surface area contributed by atoms with Crippen molar-refractivity contribution >= 4 is 24.4 Å². The Morgan fingerprint density at radius 3 is 2.04 bits per heavy atom.